The molecule has 2 rings (SSSR count). The molecule has 0 spiro atoms. The van der Waals surface area contributed by atoms with E-state index in [1.54, 1.807) is 22.7 Å². The zero-order valence-electron chi connectivity index (χ0n) is 14.4. The van der Waals surface area contributed by atoms with Gasteiger partial charge in [0, 0.05) is 16.8 Å². The molecule has 2 aromatic heterocycles. The van der Waals surface area contributed by atoms with Gasteiger partial charge in [-0.1, -0.05) is 13.8 Å². The minimum absolute atomic E-state index is 0.471. The maximum absolute atomic E-state index is 4.64. The van der Waals surface area contributed by atoms with Crippen molar-refractivity contribution in [2.45, 2.75) is 53.6 Å². The molecule has 0 aromatic carbocycles. The van der Waals surface area contributed by atoms with E-state index in [9.17, 15) is 0 Å². The second-order valence-corrected chi connectivity index (χ2v) is 7.85. The molecule has 0 aliphatic carbocycles. The van der Waals surface area contributed by atoms with Gasteiger partial charge < -0.3 is 10.6 Å². The molecule has 23 heavy (non-hydrogen) atoms. The number of aliphatic imine (C=N–C) groups is 1. The SMILES string of the molecule is CCNC(=NCc1nc(C)c(C)s1)NCc1nc(C(C)C)cs1. The van der Waals surface area contributed by atoms with Crippen molar-refractivity contribution in [2.24, 2.45) is 4.99 Å². The highest BCUT2D eigenvalue weighted by atomic mass is 32.1. The fourth-order valence-corrected chi connectivity index (χ4v) is 3.68. The van der Waals surface area contributed by atoms with E-state index in [4.69, 9.17) is 0 Å². The Bertz CT molecular complexity index is 638. The largest absolute Gasteiger partial charge is 0.357 e. The summed E-state index contributed by atoms with van der Waals surface area (Å²) < 4.78 is 0. The zero-order valence-corrected chi connectivity index (χ0v) is 16.1. The number of nitrogens with zero attached hydrogens (tertiary/aromatic N) is 3. The molecular formula is C16H25N5S2. The number of nitrogens with one attached hydrogen (secondary N) is 2. The quantitative estimate of drug-likeness (QED) is 0.617. The van der Waals surface area contributed by atoms with Crippen molar-refractivity contribution >= 4 is 28.6 Å². The lowest BCUT2D eigenvalue weighted by Crippen LogP contribution is -2.36. The molecule has 2 N–H and O–H groups in total. The second kappa shape index (κ2) is 8.40. The highest BCUT2D eigenvalue weighted by Crippen LogP contribution is 2.18. The number of rotatable bonds is 6. The summed E-state index contributed by atoms with van der Waals surface area (Å²) in [4.78, 5) is 15.0. The number of hydrogen-bond acceptors (Lipinski definition) is 5. The fourth-order valence-electron chi connectivity index (χ4n) is 1.93. The summed E-state index contributed by atoms with van der Waals surface area (Å²) in [6.45, 7) is 12.6. The number of hydrogen-bond donors (Lipinski definition) is 2. The fraction of sp³-hybridized carbons (Fsp3) is 0.562. The van der Waals surface area contributed by atoms with Crippen molar-refractivity contribution in [2.75, 3.05) is 6.54 Å². The summed E-state index contributed by atoms with van der Waals surface area (Å²) in [5.74, 6) is 1.28. The average Bonchev–Trinajstić information content (AvgIpc) is 3.10. The lowest BCUT2D eigenvalue weighted by molar-refractivity contribution is 0.787. The maximum Gasteiger partial charge on any atom is 0.192 e. The Morgan fingerprint density at radius 3 is 2.57 bits per heavy atom. The van der Waals surface area contributed by atoms with Gasteiger partial charge in [-0.05, 0) is 26.7 Å². The van der Waals surface area contributed by atoms with Crippen molar-refractivity contribution in [1.82, 2.24) is 20.6 Å². The molecule has 2 heterocycles. The van der Waals surface area contributed by atoms with Gasteiger partial charge in [0.15, 0.2) is 5.96 Å². The number of guanidine groups is 1. The Morgan fingerprint density at radius 2 is 2.00 bits per heavy atom. The van der Waals surface area contributed by atoms with Gasteiger partial charge in [0.25, 0.3) is 0 Å². The molecule has 0 saturated heterocycles. The van der Waals surface area contributed by atoms with Crippen LogP contribution >= 0.6 is 22.7 Å². The van der Waals surface area contributed by atoms with Crippen LogP contribution in [0.1, 0.15) is 53.0 Å². The number of aromatic nitrogens is 2. The number of aryl methyl sites for hydroxylation is 2. The molecule has 0 amide bonds. The number of thiazole rings is 2. The van der Waals surface area contributed by atoms with Crippen molar-refractivity contribution in [3.8, 4) is 0 Å². The Balaban J connectivity index is 1.95. The monoisotopic (exact) mass is 351 g/mol. The smallest absolute Gasteiger partial charge is 0.192 e. The van der Waals surface area contributed by atoms with Gasteiger partial charge >= 0.3 is 0 Å². The third-order valence-corrected chi connectivity index (χ3v) is 5.28. The van der Waals surface area contributed by atoms with E-state index in [2.05, 4.69) is 58.7 Å². The van der Waals surface area contributed by atoms with Gasteiger partial charge in [-0.3, -0.25) is 0 Å². The lowest BCUT2D eigenvalue weighted by atomic mass is 10.2. The van der Waals surface area contributed by atoms with E-state index in [0.29, 0.717) is 19.0 Å². The molecule has 0 aliphatic heterocycles. The van der Waals surface area contributed by atoms with Crippen molar-refractivity contribution in [3.05, 3.63) is 31.7 Å². The minimum atomic E-state index is 0.471. The van der Waals surface area contributed by atoms with Crippen LogP contribution in [-0.4, -0.2) is 22.5 Å². The van der Waals surface area contributed by atoms with Gasteiger partial charge in [0.05, 0.1) is 24.5 Å². The van der Waals surface area contributed by atoms with E-state index in [-0.39, 0.29) is 0 Å². The van der Waals surface area contributed by atoms with Gasteiger partial charge in [-0.2, -0.15) is 0 Å². The Morgan fingerprint density at radius 1 is 1.22 bits per heavy atom. The summed E-state index contributed by atoms with van der Waals surface area (Å²) >= 11 is 3.40. The Hall–Kier alpha value is -1.47. The third-order valence-electron chi connectivity index (χ3n) is 3.36. The summed E-state index contributed by atoms with van der Waals surface area (Å²) in [6, 6.07) is 0. The molecular weight excluding hydrogens is 326 g/mol. The first-order valence-corrected chi connectivity index (χ1v) is 9.58. The summed E-state index contributed by atoms with van der Waals surface area (Å²) in [5.41, 5.74) is 2.25. The van der Waals surface area contributed by atoms with Gasteiger partial charge in [-0.15, -0.1) is 22.7 Å². The normalized spacial score (nSPS) is 12.0. The highest BCUT2D eigenvalue weighted by Gasteiger charge is 2.07. The Labute approximate surface area is 146 Å². The molecule has 0 unspecified atom stereocenters. The Kier molecular flexibility index (Phi) is 6.53. The predicted octanol–water partition coefficient (Wildman–Crippen LogP) is 3.60. The highest BCUT2D eigenvalue weighted by molar-refractivity contribution is 7.11. The summed E-state index contributed by atoms with van der Waals surface area (Å²) in [7, 11) is 0. The molecule has 5 nitrogen and oxygen atoms in total. The first kappa shape index (κ1) is 17.9. The molecule has 0 saturated carbocycles. The van der Waals surface area contributed by atoms with Crippen molar-refractivity contribution in [3.63, 3.8) is 0 Å². The molecule has 126 valence electrons. The van der Waals surface area contributed by atoms with Gasteiger partial charge in [0.1, 0.15) is 10.0 Å². The maximum atomic E-state index is 4.64. The van der Waals surface area contributed by atoms with E-state index < -0.39 is 0 Å². The summed E-state index contributed by atoms with van der Waals surface area (Å²) in [6.07, 6.45) is 0. The molecule has 2 aromatic rings. The van der Waals surface area contributed by atoms with Crippen LogP contribution in [0.15, 0.2) is 10.4 Å². The van der Waals surface area contributed by atoms with Crippen LogP contribution < -0.4 is 10.6 Å². The average molecular weight is 352 g/mol. The van der Waals surface area contributed by atoms with Crippen molar-refractivity contribution in [1.29, 1.82) is 0 Å². The van der Waals surface area contributed by atoms with E-state index in [1.165, 1.54) is 4.88 Å². The minimum Gasteiger partial charge on any atom is -0.357 e. The van der Waals surface area contributed by atoms with E-state index in [0.717, 1.165) is 33.9 Å². The predicted molar refractivity (Wildman–Crippen MR) is 99.4 cm³/mol. The van der Waals surface area contributed by atoms with Gasteiger partial charge in [0.2, 0.25) is 0 Å². The second-order valence-electron chi connectivity index (χ2n) is 5.62. The van der Waals surface area contributed by atoms with Crippen LogP contribution in [-0.2, 0) is 13.1 Å². The van der Waals surface area contributed by atoms with Crippen molar-refractivity contribution < 1.29 is 0 Å². The molecule has 0 radical (unpaired) electrons. The first-order chi connectivity index (χ1) is 11.0. The van der Waals surface area contributed by atoms with E-state index in [1.807, 2.05) is 6.92 Å². The third kappa shape index (κ3) is 5.28. The standard InChI is InChI=1S/C16H25N5S2/c1-6-17-16(19-8-15-20-11(4)12(5)23-15)18-7-14-21-13(9-22-14)10(2)3/h9-10H,6-8H2,1-5H3,(H2,17,18,19). The molecule has 0 bridgehead atoms. The first-order valence-electron chi connectivity index (χ1n) is 7.89. The molecule has 0 fully saturated rings. The van der Waals surface area contributed by atoms with E-state index >= 15 is 0 Å². The van der Waals surface area contributed by atoms with Crippen LogP contribution in [0.3, 0.4) is 0 Å². The summed E-state index contributed by atoms with van der Waals surface area (Å²) in [5, 5.41) is 10.9. The van der Waals surface area contributed by atoms with Crippen LogP contribution in [0.5, 0.6) is 0 Å². The van der Waals surface area contributed by atoms with Crippen LogP contribution in [0, 0.1) is 13.8 Å². The van der Waals surface area contributed by atoms with Crippen LogP contribution in [0.25, 0.3) is 0 Å². The lowest BCUT2D eigenvalue weighted by Gasteiger charge is -2.09. The molecule has 0 atom stereocenters. The molecule has 0 aliphatic rings. The van der Waals surface area contributed by atoms with Gasteiger partial charge in [-0.25, -0.2) is 15.0 Å². The topological polar surface area (TPSA) is 62.2 Å². The molecule has 7 heteroatoms. The van der Waals surface area contributed by atoms with Crippen LogP contribution in [0.4, 0.5) is 0 Å². The van der Waals surface area contributed by atoms with Crippen LogP contribution in [0.2, 0.25) is 0 Å². The zero-order chi connectivity index (χ0) is 16.8.